The summed E-state index contributed by atoms with van der Waals surface area (Å²) in [4.78, 5) is 24.0. The van der Waals surface area contributed by atoms with Gasteiger partial charge in [0.05, 0.1) is 18.6 Å². The number of rotatable bonds is 4. The number of ether oxygens (including phenoxy) is 2. The molecule has 0 aromatic heterocycles. The fourth-order valence-electron chi connectivity index (χ4n) is 2.22. The minimum absolute atomic E-state index is 0.188. The second-order valence-electron chi connectivity index (χ2n) is 4.98. The maximum absolute atomic E-state index is 12.2. The second kappa shape index (κ2) is 6.88. The molecule has 0 heterocycles. The summed E-state index contributed by atoms with van der Waals surface area (Å²) in [6.07, 6.45) is 3.96. The minimum atomic E-state index is -0.580. The summed E-state index contributed by atoms with van der Waals surface area (Å²) in [6, 6.07) is 9.42. The molecule has 1 aliphatic rings. The van der Waals surface area contributed by atoms with E-state index >= 15 is 0 Å². The van der Waals surface area contributed by atoms with Crippen molar-refractivity contribution >= 4 is 11.9 Å². The zero-order chi connectivity index (χ0) is 15.2. The molecule has 4 nitrogen and oxygen atoms in total. The van der Waals surface area contributed by atoms with Crippen LogP contribution in [0.3, 0.4) is 0 Å². The van der Waals surface area contributed by atoms with E-state index in [0.29, 0.717) is 12.0 Å². The van der Waals surface area contributed by atoms with E-state index < -0.39 is 17.9 Å². The Bertz CT molecular complexity index is 584. The van der Waals surface area contributed by atoms with Gasteiger partial charge in [-0.25, -0.2) is 4.79 Å². The Labute approximate surface area is 124 Å². The van der Waals surface area contributed by atoms with Crippen LogP contribution in [0.1, 0.15) is 18.9 Å². The van der Waals surface area contributed by atoms with Gasteiger partial charge in [-0.1, -0.05) is 48.1 Å². The van der Waals surface area contributed by atoms with E-state index in [0.717, 1.165) is 11.1 Å². The summed E-state index contributed by atoms with van der Waals surface area (Å²) >= 11 is 0. The summed E-state index contributed by atoms with van der Waals surface area (Å²) in [5, 5.41) is 0. The Morgan fingerprint density at radius 3 is 2.57 bits per heavy atom. The predicted molar refractivity (Wildman–Crippen MR) is 78.2 cm³/mol. The van der Waals surface area contributed by atoms with Crippen molar-refractivity contribution in [3.8, 4) is 0 Å². The van der Waals surface area contributed by atoms with E-state index in [-0.39, 0.29) is 6.61 Å². The van der Waals surface area contributed by atoms with Gasteiger partial charge >= 0.3 is 11.9 Å². The number of benzene rings is 1. The topological polar surface area (TPSA) is 52.6 Å². The van der Waals surface area contributed by atoms with Gasteiger partial charge in [0.25, 0.3) is 0 Å². The average molecular weight is 286 g/mol. The predicted octanol–water partition coefficient (Wildman–Crippen LogP) is 2.80. The number of esters is 2. The Balaban J connectivity index is 2.07. The number of methoxy groups -OCH3 is 1. The van der Waals surface area contributed by atoms with E-state index in [1.807, 2.05) is 43.3 Å². The summed E-state index contributed by atoms with van der Waals surface area (Å²) in [6.45, 7) is 2.10. The number of allylic oxidation sites excluding steroid dienone is 3. The van der Waals surface area contributed by atoms with Gasteiger partial charge in [-0.2, -0.15) is 0 Å². The molecule has 110 valence electrons. The largest absolute Gasteiger partial charge is 0.469 e. The highest BCUT2D eigenvalue weighted by molar-refractivity contribution is 5.96. The van der Waals surface area contributed by atoms with Crippen LogP contribution in [0.5, 0.6) is 0 Å². The van der Waals surface area contributed by atoms with Gasteiger partial charge in [0.15, 0.2) is 0 Å². The molecule has 0 N–H and O–H groups in total. The smallest absolute Gasteiger partial charge is 0.335 e. The minimum Gasteiger partial charge on any atom is -0.469 e. The molecule has 0 bridgehead atoms. The van der Waals surface area contributed by atoms with Crippen LogP contribution in [-0.2, 0) is 25.7 Å². The Morgan fingerprint density at radius 2 is 1.90 bits per heavy atom. The number of hydrogen-bond donors (Lipinski definition) is 0. The molecule has 1 aromatic carbocycles. The normalized spacial score (nSPS) is 17.5. The Kier molecular flexibility index (Phi) is 4.93. The van der Waals surface area contributed by atoms with E-state index in [9.17, 15) is 9.59 Å². The third-order valence-corrected chi connectivity index (χ3v) is 3.38. The lowest BCUT2D eigenvalue weighted by molar-refractivity contribution is -0.148. The summed E-state index contributed by atoms with van der Waals surface area (Å²) < 4.78 is 10.0. The van der Waals surface area contributed by atoms with Gasteiger partial charge in [-0.05, 0) is 18.9 Å². The van der Waals surface area contributed by atoms with Crippen molar-refractivity contribution < 1.29 is 19.1 Å². The molecule has 21 heavy (non-hydrogen) atoms. The van der Waals surface area contributed by atoms with Crippen molar-refractivity contribution in [2.24, 2.45) is 5.92 Å². The summed E-state index contributed by atoms with van der Waals surface area (Å²) in [5.74, 6) is -1.47. The molecule has 0 saturated carbocycles. The van der Waals surface area contributed by atoms with Crippen LogP contribution in [-0.4, -0.2) is 19.0 Å². The molecule has 0 aliphatic heterocycles. The van der Waals surface area contributed by atoms with Crippen LogP contribution < -0.4 is 0 Å². The lowest BCUT2D eigenvalue weighted by Crippen LogP contribution is -2.26. The molecule has 1 atom stereocenters. The average Bonchev–Trinajstić information content (AvgIpc) is 2.52. The van der Waals surface area contributed by atoms with Gasteiger partial charge in [0, 0.05) is 0 Å². The molecule has 0 unspecified atom stereocenters. The van der Waals surface area contributed by atoms with Gasteiger partial charge < -0.3 is 9.47 Å². The monoisotopic (exact) mass is 286 g/mol. The van der Waals surface area contributed by atoms with Gasteiger partial charge in [-0.15, -0.1) is 0 Å². The molecule has 0 radical (unpaired) electrons. The number of carbonyl (C=O) groups is 2. The van der Waals surface area contributed by atoms with Crippen molar-refractivity contribution in [1.29, 1.82) is 0 Å². The Morgan fingerprint density at radius 1 is 1.19 bits per heavy atom. The maximum Gasteiger partial charge on any atom is 0.335 e. The van der Waals surface area contributed by atoms with E-state index in [1.165, 1.54) is 7.11 Å². The van der Waals surface area contributed by atoms with Crippen molar-refractivity contribution in [3.63, 3.8) is 0 Å². The first-order valence-corrected chi connectivity index (χ1v) is 6.78. The lowest BCUT2D eigenvalue weighted by atomic mass is 9.87. The zero-order valence-electron chi connectivity index (χ0n) is 12.2. The zero-order valence-corrected chi connectivity index (χ0v) is 12.2. The highest BCUT2D eigenvalue weighted by Crippen LogP contribution is 2.27. The van der Waals surface area contributed by atoms with Crippen molar-refractivity contribution in [3.05, 3.63) is 59.2 Å². The van der Waals surface area contributed by atoms with Crippen molar-refractivity contribution in [1.82, 2.24) is 0 Å². The van der Waals surface area contributed by atoms with Crippen LogP contribution in [0.25, 0.3) is 0 Å². The third-order valence-electron chi connectivity index (χ3n) is 3.38. The van der Waals surface area contributed by atoms with E-state index in [2.05, 4.69) is 0 Å². The standard InChI is InChI=1S/C17H18O4/c1-12-8-9-14(15(10-12)16(18)20-2)17(19)21-11-13-6-4-3-5-7-13/h3-9,15H,10-11H2,1-2H3/t15-/m0/s1. The van der Waals surface area contributed by atoms with Crippen LogP contribution in [0.15, 0.2) is 53.6 Å². The molecule has 4 heteroatoms. The van der Waals surface area contributed by atoms with Crippen LogP contribution in [0.2, 0.25) is 0 Å². The quantitative estimate of drug-likeness (QED) is 0.799. The first-order valence-electron chi connectivity index (χ1n) is 6.78. The molecule has 0 amide bonds. The number of hydrogen-bond acceptors (Lipinski definition) is 4. The SMILES string of the molecule is COC(=O)[C@H]1CC(C)=CC=C1C(=O)OCc1ccccc1. The summed E-state index contributed by atoms with van der Waals surface area (Å²) in [7, 11) is 1.32. The third kappa shape index (κ3) is 3.81. The highest BCUT2D eigenvalue weighted by Gasteiger charge is 2.31. The highest BCUT2D eigenvalue weighted by atomic mass is 16.5. The maximum atomic E-state index is 12.2. The molecule has 1 aliphatic carbocycles. The fraction of sp³-hybridized carbons (Fsp3) is 0.294. The second-order valence-corrected chi connectivity index (χ2v) is 4.98. The molecule has 0 spiro atoms. The van der Waals surface area contributed by atoms with Crippen molar-refractivity contribution in [2.45, 2.75) is 20.0 Å². The van der Waals surface area contributed by atoms with Gasteiger partial charge in [0.1, 0.15) is 6.61 Å². The fourth-order valence-corrected chi connectivity index (χ4v) is 2.22. The molecule has 0 fully saturated rings. The first-order chi connectivity index (χ1) is 10.1. The molecule has 2 rings (SSSR count). The van der Waals surface area contributed by atoms with Gasteiger partial charge in [-0.3, -0.25) is 4.79 Å². The van der Waals surface area contributed by atoms with E-state index in [1.54, 1.807) is 6.08 Å². The molecule has 1 aromatic rings. The number of carbonyl (C=O) groups excluding carboxylic acids is 2. The van der Waals surface area contributed by atoms with Gasteiger partial charge in [0.2, 0.25) is 0 Å². The lowest BCUT2D eigenvalue weighted by Gasteiger charge is -2.20. The molecular weight excluding hydrogens is 268 g/mol. The van der Waals surface area contributed by atoms with Crippen LogP contribution in [0.4, 0.5) is 0 Å². The molecular formula is C17H18O4. The Hall–Kier alpha value is -2.36. The van der Waals surface area contributed by atoms with Crippen LogP contribution in [0, 0.1) is 5.92 Å². The first kappa shape index (κ1) is 15.0. The van der Waals surface area contributed by atoms with Crippen molar-refractivity contribution in [2.75, 3.05) is 7.11 Å². The van der Waals surface area contributed by atoms with E-state index in [4.69, 9.17) is 9.47 Å². The van der Waals surface area contributed by atoms with Crippen LogP contribution >= 0.6 is 0 Å². The molecule has 0 saturated heterocycles. The summed E-state index contributed by atoms with van der Waals surface area (Å²) in [5.41, 5.74) is 2.29.